The summed E-state index contributed by atoms with van der Waals surface area (Å²) in [6.45, 7) is 6.83. The van der Waals surface area contributed by atoms with E-state index in [1.54, 1.807) is 6.08 Å². The highest BCUT2D eigenvalue weighted by Gasteiger charge is 2.17. The van der Waals surface area contributed by atoms with Crippen molar-refractivity contribution in [2.45, 2.75) is 38.0 Å². The highest BCUT2D eigenvalue weighted by Crippen LogP contribution is 2.24. The van der Waals surface area contributed by atoms with Gasteiger partial charge in [-0.2, -0.15) is 0 Å². The van der Waals surface area contributed by atoms with Crippen LogP contribution in [0.1, 0.15) is 27.2 Å². The van der Waals surface area contributed by atoms with Gasteiger partial charge in [0.1, 0.15) is 0 Å². The molecule has 3 heteroatoms. The number of carbonyl (C=O) groups is 1. The SMILES string of the molecule is CC(C)(C)OCCC1C=CC(=O)S1. The van der Waals surface area contributed by atoms with E-state index < -0.39 is 0 Å². The van der Waals surface area contributed by atoms with Crippen LogP contribution in [0.2, 0.25) is 0 Å². The Morgan fingerprint density at radius 1 is 1.54 bits per heavy atom. The summed E-state index contributed by atoms with van der Waals surface area (Å²) < 4.78 is 5.57. The normalized spacial score (nSPS) is 22.7. The molecule has 0 fully saturated rings. The first-order chi connectivity index (χ1) is 5.97. The van der Waals surface area contributed by atoms with Gasteiger partial charge in [-0.05, 0) is 33.3 Å². The van der Waals surface area contributed by atoms with E-state index in [0.717, 1.165) is 13.0 Å². The zero-order chi connectivity index (χ0) is 9.90. The van der Waals surface area contributed by atoms with Gasteiger partial charge >= 0.3 is 0 Å². The van der Waals surface area contributed by atoms with Crippen molar-refractivity contribution in [1.82, 2.24) is 0 Å². The van der Waals surface area contributed by atoms with Crippen LogP contribution in [0.25, 0.3) is 0 Å². The summed E-state index contributed by atoms with van der Waals surface area (Å²) in [7, 11) is 0. The van der Waals surface area contributed by atoms with Crippen LogP contribution in [0.3, 0.4) is 0 Å². The van der Waals surface area contributed by atoms with Crippen molar-refractivity contribution in [2.24, 2.45) is 0 Å². The van der Waals surface area contributed by atoms with Crippen LogP contribution in [0.15, 0.2) is 12.2 Å². The molecule has 0 saturated carbocycles. The first-order valence-corrected chi connectivity index (χ1v) is 5.38. The van der Waals surface area contributed by atoms with Gasteiger partial charge in [-0.3, -0.25) is 4.79 Å². The van der Waals surface area contributed by atoms with E-state index >= 15 is 0 Å². The Morgan fingerprint density at radius 2 is 2.23 bits per heavy atom. The van der Waals surface area contributed by atoms with Crippen LogP contribution in [0, 0.1) is 0 Å². The summed E-state index contributed by atoms with van der Waals surface area (Å²) in [5.74, 6) is 0. The molecular formula is C10H16O2S. The molecule has 0 aromatic rings. The molecular weight excluding hydrogens is 184 g/mol. The second-order valence-corrected chi connectivity index (χ2v) is 5.33. The Labute approximate surface area is 83.7 Å². The average Bonchev–Trinajstić information content (AvgIpc) is 2.33. The highest BCUT2D eigenvalue weighted by atomic mass is 32.2. The summed E-state index contributed by atoms with van der Waals surface area (Å²) in [5.41, 5.74) is -0.0724. The Hall–Kier alpha value is -0.280. The van der Waals surface area contributed by atoms with Crippen LogP contribution in [0.4, 0.5) is 0 Å². The fourth-order valence-corrected chi connectivity index (χ4v) is 1.88. The second kappa shape index (κ2) is 4.29. The number of ether oxygens (including phenoxy) is 1. The third-order valence-corrected chi connectivity index (χ3v) is 2.72. The third kappa shape index (κ3) is 4.48. The summed E-state index contributed by atoms with van der Waals surface area (Å²) in [6.07, 6.45) is 4.52. The summed E-state index contributed by atoms with van der Waals surface area (Å²) in [6, 6.07) is 0. The van der Waals surface area contributed by atoms with Gasteiger partial charge in [-0.1, -0.05) is 17.8 Å². The van der Waals surface area contributed by atoms with Gasteiger partial charge in [0.15, 0.2) is 0 Å². The topological polar surface area (TPSA) is 26.3 Å². The number of thioether (sulfide) groups is 1. The molecule has 0 aliphatic carbocycles. The van der Waals surface area contributed by atoms with Gasteiger partial charge in [0.05, 0.1) is 5.60 Å². The predicted molar refractivity (Wildman–Crippen MR) is 55.8 cm³/mol. The molecule has 1 atom stereocenters. The van der Waals surface area contributed by atoms with Crippen LogP contribution in [-0.4, -0.2) is 22.6 Å². The van der Waals surface area contributed by atoms with Gasteiger partial charge in [0.2, 0.25) is 5.12 Å². The fraction of sp³-hybridized carbons (Fsp3) is 0.700. The Kier molecular flexibility index (Phi) is 3.56. The standard InChI is InChI=1S/C10H16O2S/c1-10(2,3)12-7-6-8-4-5-9(11)13-8/h4-5,8H,6-7H2,1-3H3. The molecule has 0 saturated heterocycles. The van der Waals surface area contributed by atoms with Crippen LogP contribution < -0.4 is 0 Å². The first-order valence-electron chi connectivity index (χ1n) is 4.50. The molecule has 1 unspecified atom stereocenters. The van der Waals surface area contributed by atoms with Gasteiger partial charge in [0.25, 0.3) is 0 Å². The van der Waals surface area contributed by atoms with Crippen molar-refractivity contribution in [2.75, 3.05) is 6.61 Å². The zero-order valence-electron chi connectivity index (χ0n) is 8.37. The molecule has 0 spiro atoms. The molecule has 0 radical (unpaired) electrons. The summed E-state index contributed by atoms with van der Waals surface area (Å²) in [4.78, 5) is 10.8. The maximum Gasteiger partial charge on any atom is 0.212 e. The molecule has 0 aromatic carbocycles. The zero-order valence-corrected chi connectivity index (χ0v) is 9.19. The average molecular weight is 200 g/mol. The van der Waals surface area contributed by atoms with E-state index in [9.17, 15) is 4.79 Å². The van der Waals surface area contributed by atoms with E-state index in [1.807, 2.05) is 26.8 Å². The molecule has 1 heterocycles. The molecule has 74 valence electrons. The largest absolute Gasteiger partial charge is 0.376 e. The van der Waals surface area contributed by atoms with E-state index in [2.05, 4.69) is 0 Å². The Bertz CT molecular complexity index is 215. The minimum atomic E-state index is -0.0724. The van der Waals surface area contributed by atoms with Gasteiger partial charge in [-0.25, -0.2) is 0 Å². The molecule has 0 aromatic heterocycles. The van der Waals surface area contributed by atoms with Crippen molar-refractivity contribution in [3.8, 4) is 0 Å². The fourth-order valence-electron chi connectivity index (χ4n) is 1.05. The molecule has 1 aliphatic heterocycles. The Morgan fingerprint density at radius 3 is 2.69 bits per heavy atom. The number of hydrogen-bond acceptors (Lipinski definition) is 3. The first kappa shape index (κ1) is 10.8. The number of hydrogen-bond donors (Lipinski definition) is 0. The lowest BCUT2D eigenvalue weighted by Gasteiger charge is -2.20. The summed E-state index contributed by atoms with van der Waals surface area (Å²) in [5, 5.41) is 0.496. The molecule has 1 rings (SSSR count). The van der Waals surface area contributed by atoms with Crippen molar-refractivity contribution in [3.63, 3.8) is 0 Å². The highest BCUT2D eigenvalue weighted by molar-refractivity contribution is 8.15. The molecule has 2 nitrogen and oxygen atoms in total. The number of rotatable bonds is 3. The minimum Gasteiger partial charge on any atom is -0.376 e. The lowest BCUT2D eigenvalue weighted by Crippen LogP contribution is -2.20. The minimum absolute atomic E-state index is 0.0724. The molecule has 0 amide bonds. The smallest absolute Gasteiger partial charge is 0.212 e. The van der Waals surface area contributed by atoms with Crippen LogP contribution in [0.5, 0.6) is 0 Å². The Balaban J connectivity index is 2.14. The maximum absolute atomic E-state index is 10.8. The molecule has 13 heavy (non-hydrogen) atoms. The van der Waals surface area contributed by atoms with Crippen LogP contribution in [-0.2, 0) is 9.53 Å². The van der Waals surface area contributed by atoms with E-state index in [4.69, 9.17) is 4.74 Å². The molecule has 1 aliphatic rings. The predicted octanol–water partition coefficient (Wildman–Crippen LogP) is 2.39. The maximum atomic E-state index is 10.8. The lowest BCUT2D eigenvalue weighted by molar-refractivity contribution is -0.106. The summed E-state index contributed by atoms with van der Waals surface area (Å²) >= 11 is 1.39. The van der Waals surface area contributed by atoms with E-state index in [1.165, 1.54) is 11.8 Å². The van der Waals surface area contributed by atoms with Gasteiger partial charge in [0, 0.05) is 11.9 Å². The van der Waals surface area contributed by atoms with Crippen molar-refractivity contribution < 1.29 is 9.53 Å². The monoisotopic (exact) mass is 200 g/mol. The molecule has 0 N–H and O–H groups in total. The van der Waals surface area contributed by atoms with Crippen LogP contribution >= 0.6 is 11.8 Å². The van der Waals surface area contributed by atoms with Gasteiger partial charge < -0.3 is 4.74 Å². The second-order valence-electron chi connectivity index (χ2n) is 4.08. The third-order valence-electron chi connectivity index (χ3n) is 1.65. The van der Waals surface area contributed by atoms with Crippen molar-refractivity contribution >= 4 is 16.9 Å². The van der Waals surface area contributed by atoms with Crippen molar-refractivity contribution in [3.05, 3.63) is 12.2 Å². The van der Waals surface area contributed by atoms with E-state index in [0.29, 0.717) is 5.25 Å². The molecule has 0 bridgehead atoms. The quantitative estimate of drug-likeness (QED) is 0.699. The van der Waals surface area contributed by atoms with Gasteiger partial charge in [-0.15, -0.1) is 0 Å². The van der Waals surface area contributed by atoms with E-state index in [-0.39, 0.29) is 10.7 Å². The van der Waals surface area contributed by atoms with Crippen molar-refractivity contribution in [1.29, 1.82) is 0 Å². The lowest BCUT2D eigenvalue weighted by atomic mass is 10.2. The number of carbonyl (C=O) groups excluding carboxylic acids is 1.